The van der Waals surface area contributed by atoms with Crippen LogP contribution in [-0.2, 0) is 6.42 Å². The van der Waals surface area contributed by atoms with Crippen LogP contribution in [0.4, 0.5) is 13.2 Å². The van der Waals surface area contributed by atoms with E-state index in [0.717, 1.165) is 5.56 Å². The summed E-state index contributed by atoms with van der Waals surface area (Å²) in [5, 5.41) is 0. The first-order valence-corrected chi connectivity index (χ1v) is 5.43. The van der Waals surface area contributed by atoms with Crippen molar-refractivity contribution >= 4 is 22.6 Å². The van der Waals surface area contributed by atoms with E-state index in [1.165, 1.54) is 6.07 Å². The molecule has 0 aromatic heterocycles. The highest BCUT2D eigenvalue weighted by Gasteiger charge is 2.27. The lowest BCUT2D eigenvalue weighted by Crippen LogP contribution is -2.11. The number of hydrogen-bond donors (Lipinski definition) is 0. The molecular formula is C10H10F3I. The SMILES string of the molecule is CC(I)c1cccc(CC(F)(F)F)c1. The maximum absolute atomic E-state index is 12.1. The molecule has 0 amide bonds. The lowest BCUT2D eigenvalue weighted by molar-refractivity contribution is -0.127. The van der Waals surface area contributed by atoms with Gasteiger partial charge in [0.1, 0.15) is 0 Å². The number of alkyl halides is 4. The Morgan fingerprint density at radius 2 is 2.00 bits per heavy atom. The molecule has 0 fully saturated rings. The Morgan fingerprint density at radius 1 is 1.36 bits per heavy atom. The van der Waals surface area contributed by atoms with Crippen molar-refractivity contribution in [2.45, 2.75) is 23.4 Å². The largest absolute Gasteiger partial charge is 0.393 e. The first-order chi connectivity index (χ1) is 6.38. The molecule has 14 heavy (non-hydrogen) atoms. The molecule has 0 bridgehead atoms. The maximum atomic E-state index is 12.1. The molecule has 0 aliphatic heterocycles. The minimum atomic E-state index is -4.12. The van der Waals surface area contributed by atoms with Gasteiger partial charge >= 0.3 is 6.18 Å². The molecule has 0 saturated carbocycles. The molecule has 0 heterocycles. The van der Waals surface area contributed by atoms with Crippen LogP contribution in [0.3, 0.4) is 0 Å². The third-order valence-electron chi connectivity index (χ3n) is 1.81. The normalized spacial score (nSPS) is 14.1. The average Bonchev–Trinajstić information content (AvgIpc) is 2.01. The molecule has 1 aromatic carbocycles. The number of benzene rings is 1. The summed E-state index contributed by atoms with van der Waals surface area (Å²) >= 11 is 2.18. The van der Waals surface area contributed by atoms with E-state index in [-0.39, 0.29) is 3.92 Å². The fourth-order valence-corrected chi connectivity index (χ4v) is 1.57. The summed E-state index contributed by atoms with van der Waals surface area (Å²) in [5.74, 6) is 0. The summed E-state index contributed by atoms with van der Waals surface area (Å²) in [6.07, 6.45) is -4.96. The van der Waals surface area contributed by atoms with Crippen LogP contribution in [0.1, 0.15) is 22.0 Å². The van der Waals surface area contributed by atoms with Crippen LogP contribution < -0.4 is 0 Å². The average molecular weight is 314 g/mol. The van der Waals surface area contributed by atoms with Crippen LogP contribution in [-0.4, -0.2) is 6.18 Å². The van der Waals surface area contributed by atoms with Crippen LogP contribution in [0.5, 0.6) is 0 Å². The van der Waals surface area contributed by atoms with Crippen molar-refractivity contribution in [2.24, 2.45) is 0 Å². The van der Waals surface area contributed by atoms with Gasteiger partial charge in [0.05, 0.1) is 6.42 Å². The molecule has 1 unspecified atom stereocenters. The second-order valence-electron chi connectivity index (χ2n) is 3.15. The van der Waals surface area contributed by atoms with E-state index < -0.39 is 12.6 Å². The molecule has 1 aromatic rings. The molecule has 0 spiro atoms. The first-order valence-electron chi connectivity index (χ1n) is 4.18. The van der Waals surface area contributed by atoms with Crippen LogP contribution >= 0.6 is 22.6 Å². The van der Waals surface area contributed by atoms with Gasteiger partial charge in [0.15, 0.2) is 0 Å². The summed E-state index contributed by atoms with van der Waals surface area (Å²) < 4.78 is 36.5. The molecule has 4 heteroatoms. The van der Waals surface area contributed by atoms with Crippen LogP contribution in [0.2, 0.25) is 0 Å². The van der Waals surface area contributed by atoms with Gasteiger partial charge in [0.25, 0.3) is 0 Å². The number of rotatable bonds is 2. The second-order valence-corrected chi connectivity index (χ2v) is 5.02. The van der Waals surface area contributed by atoms with Gasteiger partial charge in [0, 0.05) is 3.92 Å². The van der Waals surface area contributed by atoms with Crippen molar-refractivity contribution in [1.82, 2.24) is 0 Å². The van der Waals surface area contributed by atoms with Crippen LogP contribution in [0.25, 0.3) is 0 Å². The van der Waals surface area contributed by atoms with Crippen LogP contribution in [0.15, 0.2) is 24.3 Å². The molecule has 1 rings (SSSR count). The van der Waals surface area contributed by atoms with E-state index >= 15 is 0 Å². The monoisotopic (exact) mass is 314 g/mol. The number of hydrogen-bond acceptors (Lipinski definition) is 0. The predicted octanol–water partition coefficient (Wildman–Crippen LogP) is 4.29. The standard InChI is InChI=1S/C10H10F3I/c1-7(14)9-4-2-3-8(5-9)6-10(11,12)13/h2-5,7H,6H2,1H3. The fourth-order valence-electron chi connectivity index (χ4n) is 1.18. The molecule has 0 aliphatic carbocycles. The van der Waals surface area contributed by atoms with Crippen molar-refractivity contribution in [3.8, 4) is 0 Å². The molecule has 78 valence electrons. The smallest absolute Gasteiger partial charge is 0.171 e. The highest BCUT2D eigenvalue weighted by Crippen LogP contribution is 2.26. The highest BCUT2D eigenvalue weighted by atomic mass is 127. The van der Waals surface area contributed by atoms with E-state index in [1.807, 2.05) is 13.0 Å². The van der Waals surface area contributed by atoms with Gasteiger partial charge in [-0.05, 0) is 18.1 Å². The van der Waals surface area contributed by atoms with Gasteiger partial charge in [0.2, 0.25) is 0 Å². The van der Waals surface area contributed by atoms with Gasteiger partial charge in [-0.3, -0.25) is 0 Å². The van der Waals surface area contributed by atoms with Gasteiger partial charge < -0.3 is 0 Å². The Morgan fingerprint density at radius 3 is 2.50 bits per heavy atom. The Labute approximate surface area is 94.6 Å². The predicted molar refractivity (Wildman–Crippen MR) is 58.6 cm³/mol. The van der Waals surface area contributed by atoms with E-state index in [4.69, 9.17) is 0 Å². The van der Waals surface area contributed by atoms with Crippen molar-refractivity contribution < 1.29 is 13.2 Å². The molecular weight excluding hydrogens is 304 g/mol. The van der Waals surface area contributed by atoms with E-state index in [2.05, 4.69) is 22.6 Å². The van der Waals surface area contributed by atoms with Crippen LogP contribution in [0, 0.1) is 0 Å². The van der Waals surface area contributed by atoms with Gasteiger partial charge in [-0.15, -0.1) is 0 Å². The van der Waals surface area contributed by atoms with Crippen molar-refractivity contribution in [3.63, 3.8) is 0 Å². The van der Waals surface area contributed by atoms with E-state index in [0.29, 0.717) is 5.56 Å². The summed E-state index contributed by atoms with van der Waals surface area (Å²) in [4.78, 5) is 0. The molecule has 0 radical (unpaired) electrons. The third kappa shape index (κ3) is 3.86. The molecule has 0 aliphatic rings. The summed E-state index contributed by atoms with van der Waals surface area (Å²) in [6, 6.07) is 6.64. The molecule has 0 N–H and O–H groups in total. The second kappa shape index (κ2) is 4.51. The third-order valence-corrected chi connectivity index (χ3v) is 2.53. The summed E-state index contributed by atoms with van der Waals surface area (Å²) in [5.41, 5.74) is 1.27. The minimum Gasteiger partial charge on any atom is -0.171 e. The van der Waals surface area contributed by atoms with Gasteiger partial charge in [-0.1, -0.05) is 46.9 Å². The zero-order chi connectivity index (χ0) is 10.8. The number of halogens is 4. The Balaban J connectivity index is 2.84. The Kier molecular flexibility index (Phi) is 3.80. The van der Waals surface area contributed by atoms with Crippen molar-refractivity contribution in [3.05, 3.63) is 35.4 Å². The molecule has 1 atom stereocenters. The van der Waals surface area contributed by atoms with Gasteiger partial charge in [-0.2, -0.15) is 13.2 Å². The fraction of sp³-hybridized carbons (Fsp3) is 0.400. The quantitative estimate of drug-likeness (QED) is 0.564. The first kappa shape index (κ1) is 11.8. The molecule has 0 nitrogen and oxygen atoms in total. The summed E-state index contributed by atoms with van der Waals surface area (Å²) in [7, 11) is 0. The molecule has 0 saturated heterocycles. The Bertz CT molecular complexity index is 304. The Hall–Kier alpha value is -0.260. The van der Waals surface area contributed by atoms with Crippen molar-refractivity contribution in [1.29, 1.82) is 0 Å². The maximum Gasteiger partial charge on any atom is 0.393 e. The lowest BCUT2D eigenvalue weighted by Gasteiger charge is -2.09. The minimum absolute atomic E-state index is 0.237. The van der Waals surface area contributed by atoms with E-state index in [9.17, 15) is 13.2 Å². The topological polar surface area (TPSA) is 0 Å². The lowest BCUT2D eigenvalue weighted by atomic mass is 10.1. The zero-order valence-corrected chi connectivity index (χ0v) is 9.76. The summed E-state index contributed by atoms with van der Waals surface area (Å²) in [6.45, 7) is 1.95. The zero-order valence-electron chi connectivity index (χ0n) is 7.61. The highest BCUT2D eigenvalue weighted by molar-refractivity contribution is 14.1. The van der Waals surface area contributed by atoms with E-state index in [1.54, 1.807) is 12.1 Å². The van der Waals surface area contributed by atoms with Crippen molar-refractivity contribution in [2.75, 3.05) is 0 Å². The van der Waals surface area contributed by atoms with Gasteiger partial charge in [-0.25, -0.2) is 0 Å².